The Balaban J connectivity index is 1.42. The Hall–Kier alpha value is -2.44. The molecule has 1 amide bonds. The van der Waals surface area contributed by atoms with E-state index < -0.39 is 0 Å². The van der Waals surface area contributed by atoms with Gasteiger partial charge in [0.15, 0.2) is 0 Å². The molecule has 1 aliphatic rings. The highest BCUT2D eigenvalue weighted by atomic mass is 16.5. The molecule has 1 aromatic carbocycles. The number of nitrogens with zero attached hydrogens (tertiary/aromatic N) is 4. The lowest BCUT2D eigenvalue weighted by Gasteiger charge is -2.25. The highest BCUT2D eigenvalue weighted by Gasteiger charge is 2.19. The summed E-state index contributed by atoms with van der Waals surface area (Å²) in [7, 11) is 0. The molecular formula is C14H17N5O2. The van der Waals surface area contributed by atoms with Crippen LogP contribution in [0.4, 0.5) is 0 Å². The number of carbonyl (C=O) groups excluding carboxylic acids is 1. The number of aryl methyl sites for hydroxylation is 1. The fraction of sp³-hybridized carbons (Fsp3) is 0.429. The van der Waals surface area contributed by atoms with Crippen LogP contribution in [-0.2, 0) is 17.8 Å². The highest BCUT2D eigenvalue weighted by Crippen LogP contribution is 2.26. The monoisotopic (exact) mass is 287 g/mol. The van der Waals surface area contributed by atoms with E-state index in [1.807, 2.05) is 18.2 Å². The standard InChI is InChI=1S/C14H17N5O2/c20-14(5-6-19-10-16-17-18-19)15-8-11-7-12-3-1-2-4-13(12)21-9-11/h1-4,10-11H,5-9H2,(H,15,20). The van der Waals surface area contributed by atoms with Gasteiger partial charge in [-0.05, 0) is 28.5 Å². The van der Waals surface area contributed by atoms with E-state index in [4.69, 9.17) is 4.74 Å². The molecule has 1 N–H and O–H groups in total. The quantitative estimate of drug-likeness (QED) is 0.862. The first-order valence-electron chi connectivity index (χ1n) is 6.99. The van der Waals surface area contributed by atoms with Gasteiger partial charge in [0, 0.05) is 18.9 Å². The second-order valence-electron chi connectivity index (χ2n) is 5.12. The van der Waals surface area contributed by atoms with Crippen LogP contribution in [0.2, 0.25) is 0 Å². The average molecular weight is 287 g/mol. The van der Waals surface area contributed by atoms with E-state index in [0.717, 1.165) is 12.2 Å². The Morgan fingerprint density at radius 2 is 2.33 bits per heavy atom. The predicted molar refractivity (Wildman–Crippen MR) is 74.6 cm³/mol. The number of tetrazole rings is 1. The molecule has 2 heterocycles. The fourth-order valence-electron chi connectivity index (χ4n) is 2.37. The van der Waals surface area contributed by atoms with Crippen LogP contribution in [0.15, 0.2) is 30.6 Å². The molecule has 1 aliphatic heterocycles. The summed E-state index contributed by atoms with van der Waals surface area (Å²) in [6.45, 7) is 1.76. The van der Waals surface area contributed by atoms with Crippen LogP contribution >= 0.6 is 0 Å². The maximum atomic E-state index is 11.8. The van der Waals surface area contributed by atoms with Gasteiger partial charge in [0.05, 0.1) is 13.2 Å². The largest absolute Gasteiger partial charge is 0.493 e. The number of ether oxygens (including phenoxy) is 1. The summed E-state index contributed by atoms with van der Waals surface area (Å²) in [6.07, 6.45) is 2.80. The van der Waals surface area contributed by atoms with Crippen molar-refractivity contribution >= 4 is 5.91 Å². The SMILES string of the molecule is O=C(CCn1cnnn1)NCC1COc2ccccc2C1. The minimum absolute atomic E-state index is 0.00404. The zero-order valence-electron chi connectivity index (χ0n) is 11.6. The van der Waals surface area contributed by atoms with E-state index in [9.17, 15) is 4.79 Å². The first kappa shape index (κ1) is 13.5. The number of nitrogens with one attached hydrogen (secondary N) is 1. The lowest BCUT2D eigenvalue weighted by atomic mass is 9.97. The van der Waals surface area contributed by atoms with Crippen LogP contribution < -0.4 is 10.1 Å². The Morgan fingerprint density at radius 3 is 3.19 bits per heavy atom. The van der Waals surface area contributed by atoms with Crippen molar-refractivity contribution in [2.24, 2.45) is 5.92 Å². The summed E-state index contributed by atoms with van der Waals surface area (Å²) in [6, 6.07) is 8.03. The number of benzene rings is 1. The van der Waals surface area contributed by atoms with Crippen molar-refractivity contribution in [3.05, 3.63) is 36.2 Å². The van der Waals surface area contributed by atoms with Gasteiger partial charge in [0.1, 0.15) is 12.1 Å². The molecule has 1 unspecified atom stereocenters. The minimum Gasteiger partial charge on any atom is -0.493 e. The van der Waals surface area contributed by atoms with Crippen molar-refractivity contribution in [1.82, 2.24) is 25.5 Å². The van der Waals surface area contributed by atoms with Gasteiger partial charge in [0.25, 0.3) is 0 Å². The number of amides is 1. The molecule has 3 rings (SSSR count). The van der Waals surface area contributed by atoms with Crippen molar-refractivity contribution in [3.8, 4) is 5.75 Å². The van der Waals surface area contributed by atoms with Crippen LogP contribution in [0.1, 0.15) is 12.0 Å². The van der Waals surface area contributed by atoms with Crippen LogP contribution in [0, 0.1) is 5.92 Å². The van der Waals surface area contributed by atoms with Gasteiger partial charge >= 0.3 is 0 Å². The summed E-state index contributed by atoms with van der Waals surface area (Å²) in [5.41, 5.74) is 1.21. The average Bonchev–Trinajstić information content (AvgIpc) is 3.04. The molecule has 21 heavy (non-hydrogen) atoms. The molecule has 7 heteroatoms. The molecule has 1 atom stereocenters. The molecule has 0 saturated carbocycles. The molecule has 1 aromatic heterocycles. The summed E-state index contributed by atoms with van der Waals surface area (Å²) < 4.78 is 7.25. The maximum Gasteiger partial charge on any atom is 0.221 e. The van der Waals surface area contributed by atoms with E-state index in [1.165, 1.54) is 11.9 Å². The van der Waals surface area contributed by atoms with E-state index in [1.54, 1.807) is 4.68 Å². The third kappa shape index (κ3) is 3.56. The van der Waals surface area contributed by atoms with E-state index in [0.29, 0.717) is 32.0 Å². The molecule has 7 nitrogen and oxygen atoms in total. The maximum absolute atomic E-state index is 11.8. The highest BCUT2D eigenvalue weighted by molar-refractivity contribution is 5.75. The van der Waals surface area contributed by atoms with Gasteiger partial charge < -0.3 is 10.1 Å². The number of carbonyl (C=O) groups is 1. The predicted octanol–water partition coefficient (Wildman–Crippen LogP) is 0.431. The third-order valence-corrected chi connectivity index (χ3v) is 3.50. The lowest BCUT2D eigenvalue weighted by molar-refractivity contribution is -0.121. The van der Waals surface area contributed by atoms with E-state index >= 15 is 0 Å². The van der Waals surface area contributed by atoms with Crippen molar-refractivity contribution < 1.29 is 9.53 Å². The van der Waals surface area contributed by atoms with Gasteiger partial charge in [0.2, 0.25) is 5.91 Å². The third-order valence-electron chi connectivity index (χ3n) is 3.50. The van der Waals surface area contributed by atoms with Gasteiger partial charge in [-0.1, -0.05) is 18.2 Å². The van der Waals surface area contributed by atoms with E-state index in [2.05, 4.69) is 26.9 Å². The minimum atomic E-state index is 0.00404. The van der Waals surface area contributed by atoms with Gasteiger partial charge in [-0.3, -0.25) is 4.79 Å². The summed E-state index contributed by atoms with van der Waals surface area (Å²) >= 11 is 0. The van der Waals surface area contributed by atoms with Crippen molar-refractivity contribution in [2.75, 3.05) is 13.2 Å². The van der Waals surface area contributed by atoms with Gasteiger partial charge in [-0.25, -0.2) is 4.68 Å². The molecule has 0 bridgehead atoms. The number of aromatic nitrogens is 4. The molecule has 0 aliphatic carbocycles. The van der Waals surface area contributed by atoms with Crippen molar-refractivity contribution in [1.29, 1.82) is 0 Å². The molecule has 0 saturated heterocycles. The van der Waals surface area contributed by atoms with Crippen molar-refractivity contribution in [2.45, 2.75) is 19.4 Å². The van der Waals surface area contributed by atoms with Crippen molar-refractivity contribution in [3.63, 3.8) is 0 Å². The molecule has 0 radical (unpaired) electrons. The Bertz CT molecular complexity index is 599. The first-order chi connectivity index (χ1) is 10.3. The normalized spacial score (nSPS) is 16.9. The second-order valence-corrected chi connectivity index (χ2v) is 5.12. The molecule has 2 aromatic rings. The lowest BCUT2D eigenvalue weighted by Crippen LogP contribution is -2.35. The number of hydrogen-bond donors (Lipinski definition) is 1. The smallest absolute Gasteiger partial charge is 0.221 e. The molecule has 0 fully saturated rings. The Morgan fingerprint density at radius 1 is 1.43 bits per heavy atom. The van der Waals surface area contributed by atoms with Crippen LogP contribution in [-0.4, -0.2) is 39.3 Å². The summed E-state index contributed by atoms with van der Waals surface area (Å²) in [4.78, 5) is 11.8. The molecular weight excluding hydrogens is 270 g/mol. The van der Waals surface area contributed by atoms with Crippen LogP contribution in [0.3, 0.4) is 0 Å². The zero-order chi connectivity index (χ0) is 14.5. The number of para-hydroxylation sites is 1. The fourth-order valence-corrected chi connectivity index (χ4v) is 2.37. The Kier molecular flexibility index (Phi) is 4.09. The zero-order valence-corrected chi connectivity index (χ0v) is 11.6. The number of hydrogen-bond acceptors (Lipinski definition) is 5. The summed E-state index contributed by atoms with van der Waals surface area (Å²) in [5.74, 6) is 1.28. The van der Waals surface area contributed by atoms with Crippen LogP contribution in [0.25, 0.3) is 0 Å². The van der Waals surface area contributed by atoms with Gasteiger partial charge in [-0.15, -0.1) is 5.10 Å². The molecule has 110 valence electrons. The number of fused-ring (bicyclic) bond motifs is 1. The second kappa shape index (κ2) is 6.34. The Labute approximate surface area is 122 Å². The van der Waals surface area contributed by atoms with E-state index in [-0.39, 0.29) is 5.91 Å². The topological polar surface area (TPSA) is 81.9 Å². The first-order valence-corrected chi connectivity index (χ1v) is 6.99. The van der Waals surface area contributed by atoms with Gasteiger partial charge in [-0.2, -0.15) is 0 Å². The summed E-state index contributed by atoms with van der Waals surface area (Å²) in [5, 5.41) is 13.7. The van der Waals surface area contributed by atoms with Crippen LogP contribution in [0.5, 0.6) is 5.75 Å². The number of rotatable bonds is 5. The molecule has 0 spiro atoms.